The first-order valence-corrected chi connectivity index (χ1v) is 6.95. The molecule has 1 aromatic carbocycles. The molecule has 0 bridgehead atoms. The maximum Gasteiger partial charge on any atom is 0.340 e. The number of methoxy groups -OCH3 is 1. The van der Waals surface area contributed by atoms with Crippen LogP contribution in [0.1, 0.15) is 21.6 Å². The van der Waals surface area contributed by atoms with Crippen molar-refractivity contribution < 1.29 is 14.6 Å². The van der Waals surface area contributed by atoms with Gasteiger partial charge in [0.1, 0.15) is 16.3 Å². The first kappa shape index (κ1) is 14.3. The number of carboxylic acids is 1. The van der Waals surface area contributed by atoms with Gasteiger partial charge >= 0.3 is 5.97 Å². The predicted molar refractivity (Wildman–Crippen MR) is 79.0 cm³/mol. The lowest BCUT2D eigenvalue weighted by atomic mass is 10.1. The smallest absolute Gasteiger partial charge is 0.340 e. The number of aryl methyl sites for hydroxylation is 1. The van der Waals surface area contributed by atoms with Crippen molar-refractivity contribution in [3.05, 3.63) is 41.1 Å². The van der Waals surface area contributed by atoms with E-state index in [1.165, 1.54) is 11.5 Å². The van der Waals surface area contributed by atoms with E-state index in [9.17, 15) is 4.79 Å². The van der Waals surface area contributed by atoms with Gasteiger partial charge in [-0.3, -0.25) is 0 Å². The third-order valence-electron chi connectivity index (χ3n) is 2.91. The molecule has 0 aliphatic heterocycles. The van der Waals surface area contributed by atoms with Gasteiger partial charge < -0.3 is 15.2 Å². The fraction of sp³-hybridized carbons (Fsp3) is 0.286. The number of nitrogens with zero attached hydrogens (tertiary/aromatic N) is 1. The van der Waals surface area contributed by atoms with E-state index in [2.05, 4.69) is 9.69 Å². The number of carbonyl (C=O) groups is 1. The molecule has 0 aliphatic rings. The Morgan fingerprint density at radius 1 is 1.50 bits per heavy atom. The van der Waals surface area contributed by atoms with Gasteiger partial charge in [-0.15, -0.1) is 0 Å². The van der Waals surface area contributed by atoms with Gasteiger partial charge in [0.2, 0.25) is 0 Å². The van der Waals surface area contributed by atoms with Crippen LogP contribution in [0.15, 0.2) is 24.3 Å². The second kappa shape index (κ2) is 6.38. The highest BCUT2D eigenvalue weighted by atomic mass is 32.1. The molecular formula is C14H16N2O3S. The Hall–Kier alpha value is -2.08. The Kier molecular flexibility index (Phi) is 4.57. The van der Waals surface area contributed by atoms with Gasteiger partial charge in [0.25, 0.3) is 0 Å². The molecule has 0 fully saturated rings. The molecule has 0 unspecified atom stereocenters. The van der Waals surface area contributed by atoms with Crippen LogP contribution in [0.25, 0.3) is 0 Å². The minimum atomic E-state index is -0.944. The predicted octanol–water partition coefficient (Wildman–Crippen LogP) is 2.81. The largest absolute Gasteiger partial charge is 0.497 e. The van der Waals surface area contributed by atoms with Crippen LogP contribution >= 0.6 is 11.5 Å². The van der Waals surface area contributed by atoms with Crippen molar-refractivity contribution in [3.8, 4) is 5.75 Å². The Morgan fingerprint density at radius 2 is 2.30 bits per heavy atom. The number of anilines is 1. The van der Waals surface area contributed by atoms with Crippen molar-refractivity contribution in [2.75, 3.05) is 19.0 Å². The van der Waals surface area contributed by atoms with Gasteiger partial charge in [-0.05, 0) is 42.6 Å². The van der Waals surface area contributed by atoms with Crippen molar-refractivity contribution in [3.63, 3.8) is 0 Å². The van der Waals surface area contributed by atoms with Crippen molar-refractivity contribution >= 4 is 22.5 Å². The van der Waals surface area contributed by atoms with E-state index in [-0.39, 0.29) is 5.56 Å². The molecule has 1 heterocycles. The minimum Gasteiger partial charge on any atom is -0.497 e. The molecule has 6 heteroatoms. The molecule has 20 heavy (non-hydrogen) atoms. The maximum absolute atomic E-state index is 11.1. The maximum atomic E-state index is 11.1. The summed E-state index contributed by atoms with van der Waals surface area (Å²) in [6.07, 6.45) is 0.785. The summed E-state index contributed by atoms with van der Waals surface area (Å²) in [5.74, 6) is -0.123. The molecule has 0 spiro atoms. The zero-order valence-corrected chi connectivity index (χ0v) is 12.2. The first-order valence-electron chi connectivity index (χ1n) is 6.18. The summed E-state index contributed by atoms with van der Waals surface area (Å²) in [5, 5.41) is 12.9. The number of benzene rings is 1. The molecule has 0 atom stereocenters. The number of rotatable bonds is 6. The summed E-state index contributed by atoms with van der Waals surface area (Å²) in [7, 11) is 1.64. The van der Waals surface area contributed by atoms with E-state index >= 15 is 0 Å². The Bertz CT molecular complexity index is 610. The van der Waals surface area contributed by atoms with E-state index in [1.54, 1.807) is 14.0 Å². The monoisotopic (exact) mass is 292 g/mol. The topological polar surface area (TPSA) is 71.5 Å². The second-order valence-corrected chi connectivity index (χ2v) is 5.08. The van der Waals surface area contributed by atoms with Crippen LogP contribution in [0.3, 0.4) is 0 Å². The molecule has 0 aliphatic carbocycles. The summed E-state index contributed by atoms with van der Waals surface area (Å²) in [4.78, 5) is 11.1. The number of aromatic carboxylic acids is 1. The van der Waals surface area contributed by atoms with E-state index in [0.29, 0.717) is 17.2 Å². The molecule has 0 saturated heterocycles. The van der Waals surface area contributed by atoms with E-state index < -0.39 is 5.97 Å². The van der Waals surface area contributed by atoms with Crippen LogP contribution in [-0.2, 0) is 6.42 Å². The van der Waals surface area contributed by atoms with E-state index in [4.69, 9.17) is 9.84 Å². The lowest BCUT2D eigenvalue weighted by molar-refractivity contribution is 0.0697. The molecule has 2 N–H and O–H groups in total. The van der Waals surface area contributed by atoms with Crippen molar-refractivity contribution in [1.29, 1.82) is 0 Å². The number of ether oxygens (including phenoxy) is 1. The third-order valence-corrected chi connectivity index (χ3v) is 3.81. The molecule has 1 aromatic heterocycles. The normalized spacial score (nSPS) is 10.3. The molecule has 0 amide bonds. The summed E-state index contributed by atoms with van der Waals surface area (Å²) in [5.41, 5.74) is 1.95. The molecule has 0 radical (unpaired) electrons. The van der Waals surface area contributed by atoms with E-state index in [1.807, 2.05) is 24.3 Å². The zero-order chi connectivity index (χ0) is 14.5. The standard InChI is InChI=1S/C14H16N2O3S/c1-9-12(14(17)18)13(20-16-9)15-7-6-10-4-3-5-11(8-10)19-2/h3-5,8,15H,6-7H2,1-2H3,(H,17,18). The third kappa shape index (κ3) is 3.27. The minimum absolute atomic E-state index is 0.264. The lowest BCUT2D eigenvalue weighted by Gasteiger charge is -2.06. The fourth-order valence-corrected chi connectivity index (χ4v) is 2.70. The number of aromatic nitrogens is 1. The molecule has 2 rings (SSSR count). The average Bonchev–Trinajstić information content (AvgIpc) is 2.80. The van der Waals surface area contributed by atoms with Crippen LogP contribution in [0, 0.1) is 6.92 Å². The molecule has 2 aromatic rings. The molecule has 0 saturated carbocycles. The van der Waals surface area contributed by atoms with Gasteiger partial charge in [0.05, 0.1) is 12.8 Å². The SMILES string of the molecule is COc1cccc(CCNc2snc(C)c2C(=O)O)c1. The van der Waals surface area contributed by atoms with Gasteiger partial charge in [0.15, 0.2) is 0 Å². The van der Waals surface area contributed by atoms with Gasteiger partial charge in [-0.2, -0.15) is 4.37 Å². The summed E-state index contributed by atoms with van der Waals surface area (Å²) in [6, 6.07) is 7.82. The van der Waals surface area contributed by atoms with Crippen LogP contribution < -0.4 is 10.1 Å². The van der Waals surface area contributed by atoms with Crippen LogP contribution in [0.4, 0.5) is 5.00 Å². The van der Waals surface area contributed by atoms with Crippen molar-refractivity contribution in [2.45, 2.75) is 13.3 Å². The highest BCUT2D eigenvalue weighted by Gasteiger charge is 2.16. The number of hydrogen-bond acceptors (Lipinski definition) is 5. The highest BCUT2D eigenvalue weighted by Crippen LogP contribution is 2.24. The summed E-state index contributed by atoms with van der Waals surface area (Å²) >= 11 is 1.18. The van der Waals surface area contributed by atoms with Crippen molar-refractivity contribution in [2.24, 2.45) is 0 Å². The zero-order valence-electron chi connectivity index (χ0n) is 11.3. The number of carboxylic acid groups (broad SMARTS) is 1. The van der Waals surface area contributed by atoms with E-state index in [0.717, 1.165) is 17.7 Å². The second-order valence-electron chi connectivity index (χ2n) is 4.31. The Labute approximate surface area is 121 Å². The summed E-state index contributed by atoms with van der Waals surface area (Å²) in [6.45, 7) is 2.35. The van der Waals surface area contributed by atoms with Gasteiger partial charge in [-0.1, -0.05) is 12.1 Å². The quantitative estimate of drug-likeness (QED) is 0.856. The Morgan fingerprint density at radius 3 is 3.00 bits per heavy atom. The highest BCUT2D eigenvalue weighted by molar-refractivity contribution is 7.10. The summed E-state index contributed by atoms with van der Waals surface area (Å²) < 4.78 is 9.24. The fourth-order valence-electron chi connectivity index (χ4n) is 1.89. The van der Waals surface area contributed by atoms with Gasteiger partial charge in [-0.25, -0.2) is 4.79 Å². The molecule has 5 nitrogen and oxygen atoms in total. The van der Waals surface area contributed by atoms with Crippen LogP contribution in [-0.4, -0.2) is 29.1 Å². The van der Waals surface area contributed by atoms with Crippen LogP contribution in [0.5, 0.6) is 5.75 Å². The number of nitrogens with one attached hydrogen (secondary N) is 1. The van der Waals surface area contributed by atoms with Crippen LogP contribution in [0.2, 0.25) is 0 Å². The van der Waals surface area contributed by atoms with Crippen molar-refractivity contribution in [1.82, 2.24) is 4.37 Å². The molecular weight excluding hydrogens is 276 g/mol. The number of hydrogen-bond donors (Lipinski definition) is 2. The Balaban J connectivity index is 1.97. The lowest BCUT2D eigenvalue weighted by Crippen LogP contribution is -2.08. The van der Waals surface area contributed by atoms with Gasteiger partial charge in [0, 0.05) is 6.54 Å². The average molecular weight is 292 g/mol. The molecule has 106 valence electrons. The first-order chi connectivity index (χ1) is 9.61.